The summed E-state index contributed by atoms with van der Waals surface area (Å²) in [5, 5.41) is 19.6. The first-order valence-electron chi connectivity index (χ1n) is 9.61. The minimum atomic E-state index is -0.649. The number of phenolic OH excluding ortho intramolecular Hbond substituents is 1. The van der Waals surface area contributed by atoms with Gasteiger partial charge in [0.15, 0.2) is 5.56 Å². The van der Waals surface area contributed by atoms with E-state index < -0.39 is 5.63 Å². The smallest absolute Gasteiger partial charge is 0.356 e. The lowest BCUT2D eigenvalue weighted by molar-refractivity contribution is 0.415. The highest BCUT2D eigenvalue weighted by molar-refractivity contribution is 5.68. The van der Waals surface area contributed by atoms with Crippen LogP contribution >= 0.6 is 0 Å². The number of nitrogens with zero attached hydrogens (tertiary/aromatic N) is 3. The zero-order valence-corrected chi connectivity index (χ0v) is 16.5. The molecule has 1 aliphatic rings. The van der Waals surface area contributed by atoms with E-state index in [1.54, 1.807) is 37.4 Å². The lowest BCUT2D eigenvalue weighted by atomic mass is 10.1. The number of aromatic hydroxyl groups is 1. The zero-order chi connectivity index (χ0) is 21.1. The molecule has 0 unspecified atom stereocenters. The third-order valence-corrected chi connectivity index (χ3v) is 5.26. The lowest BCUT2D eigenvalue weighted by Crippen LogP contribution is -2.47. The third-order valence-electron chi connectivity index (χ3n) is 5.26. The highest BCUT2D eigenvalue weighted by Crippen LogP contribution is 2.30. The molecule has 2 aromatic carbocycles. The van der Waals surface area contributed by atoms with E-state index in [1.165, 1.54) is 0 Å². The molecule has 0 bridgehead atoms. The largest absolute Gasteiger partial charge is 0.506 e. The number of para-hydroxylation sites is 2. The molecule has 0 radical (unpaired) electrons. The number of benzene rings is 2. The number of hydrogen-bond donors (Lipinski definition) is 1. The van der Waals surface area contributed by atoms with Crippen molar-refractivity contribution in [3.8, 4) is 28.9 Å². The van der Waals surface area contributed by atoms with Crippen molar-refractivity contribution in [3.05, 3.63) is 70.6 Å². The van der Waals surface area contributed by atoms with E-state index in [0.29, 0.717) is 43.4 Å². The molecular formula is C23H21N3O4. The van der Waals surface area contributed by atoms with Gasteiger partial charge in [0.05, 0.1) is 18.5 Å². The van der Waals surface area contributed by atoms with Crippen molar-refractivity contribution in [2.45, 2.75) is 0 Å². The molecule has 2 heterocycles. The van der Waals surface area contributed by atoms with E-state index in [0.717, 1.165) is 11.3 Å². The quantitative estimate of drug-likeness (QED) is 0.715. The lowest BCUT2D eigenvalue weighted by Gasteiger charge is -2.37. The molecule has 7 nitrogen and oxygen atoms in total. The molecule has 1 fully saturated rings. The van der Waals surface area contributed by atoms with Crippen LogP contribution in [0.3, 0.4) is 0 Å². The summed E-state index contributed by atoms with van der Waals surface area (Å²) in [5.41, 5.74) is 1.43. The standard InChI is InChI=1S/C23H21N3O4/c1-29-17-8-6-16(7-9-17)22-14-20(18(15-24)23(28)30-22)26-12-10-25(11-13-26)19-4-2-3-5-21(19)27/h2-9,14,27H,10-13H2,1H3. The first kappa shape index (κ1) is 19.4. The van der Waals surface area contributed by atoms with Gasteiger partial charge in [0.25, 0.3) is 0 Å². The Morgan fingerprint density at radius 2 is 1.63 bits per heavy atom. The number of ether oxygens (including phenoxy) is 1. The first-order chi connectivity index (χ1) is 14.6. The maximum absolute atomic E-state index is 12.5. The number of nitriles is 1. The van der Waals surface area contributed by atoms with Gasteiger partial charge in [-0.25, -0.2) is 4.79 Å². The molecule has 1 N–H and O–H groups in total. The molecule has 0 saturated carbocycles. The van der Waals surface area contributed by atoms with Crippen molar-refractivity contribution in [2.75, 3.05) is 43.1 Å². The summed E-state index contributed by atoms with van der Waals surface area (Å²) in [7, 11) is 1.59. The van der Waals surface area contributed by atoms with Crippen LogP contribution in [0.25, 0.3) is 11.3 Å². The maximum Gasteiger partial charge on any atom is 0.356 e. The van der Waals surface area contributed by atoms with Gasteiger partial charge in [0, 0.05) is 37.8 Å². The van der Waals surface area contributed by atoms with Gasteiger partial charge in [-0.15, -0.1) is 0 Å². The Kier molecular flexibility index (Phi) is 5.31. The number of hydrogen-bond acceptors (Lipinski definition) is 7. The molecule has 1 aromatic heterocycles. The van der Waals surface area contributed by atoms with Crippen molar-refractivity contribution in [3.63, 3.8) is 0 Å². The van der Waals surface area contributed by atoms with Crippen LogP contribution < -0.4 is 20.2 Å². The fraction of sp³-hybridized carbons (Fsp3) is 0.217. The van der Waals surface area contributed by atoms with Crippen LogP contribution in [0.2, 0.25) is 0 Å². The summed E-state index contributed by atoms with van der Waals surface area (Å²) in [6, 6.07) is 18.2. The van der Waals surface area contributed by atoms with Crippen LogP contribution in [0, 0.1) is 11.3 Å². The predicted octanol–water partition coefficient (Wildman–Crippen LogP) is 3.22. The highest BCUT2D eigenvalue weighted by atomic mass is 16.5. The topological polar surface area (TPSA) is 89.9 Å². The normalized spacial score (nSPS) is 13.7. The number of anilines is 2. The van der Waals surface area contributed by atoms with Crippen LogP contribution in [0.5, 0.6) is 11.5 Å². The van der Waals surface area contributed by atoms with Gasteiger partial charge in [0.1, 0.15) is 23.3 Å². The minimum absolute atomic E-state index is 0.00303. The Morgan fingerprint density at radius 1 is 1.00 bits per heavy atom. The summed E-state index contributed by atoms with van der Waals surface area (Å²) in [5.74, 6) is 1.35. The van der Waals surface area contributed by atoms with E-state index in [2.05, 4.69) is 4.90 Å². The molecule has 4 rings (SSSR count). The van der Waals surface area contributed by atoms with E-state index in [4.69, 9.17) is 9.15 Å². The summed E-state index contributed by atoms with van der Waals surface area (Å²) in [6.07, 6.45) is 0. The van der Waals surface area contributed by atoms with E-state index in [1.807, 2.05) is 35.2 Å². The Hall–Kier alpha value is -3.92. The molecule has 152 valence electrons. The third kappa shape index (κ3) is 3.67. The van der Waals surface area contributed by atoms with Gasteiger partial charge in [-0.2, -0.15) is 5.26 Å². The van der Waals surface area contributed by atoms with Crippen molar-refractivity contribution in [1.29, 1.82) is 5.26 Å². The average Bonchev–Trinajstić information content (AvgIpc) is 2.79. The van der Waals surface area contributed by atoms with Gasteiger partial charge < -0.3 is 24.1 Å². The monoisotopic (exact) mass is 403 g/mol. The fourth-order valence-corrected chi connectivity index (χ4v) is 3.65. The average molecular weight is 403 g/mol. The molecule has 0 aliphatic carbocycles. The van der Waals surface area contributed by atoms with E-state index in [9.17, 15) is 15.2 Å². The molecule has 0 amide bonds. The first-order valence-corrected chi connectivity index (χ1v) is 9.61. The van der Waals surface area contributed by atoms with Crippen LogP contribution in [0.15, 0.2) is 63.8 Å². The molecule has 3 aromatic rings. The number of piperazine rings is 1. The van der Waals surface area contributed by atoms with Gasteiger partial charge in [-0.05, 0) is 36.4 Å². The minimum Gasteiger partial charge on any atom is -0.506 e. The predicted molar refractivity (Wildman–Crippen MR) is 114 cm³/mol. The molecule has 30 heavy (non-hydrogen) atoms. The summed E-state index contributed by atoms with van der Waals surface area (Å²) < 4.78 is 10.6. The Balaban J connectivity index is 1.62. The van der Waals surface area contributed by atoms with E-state index in [-0.39, 0.29) is 11.3 Å². The van der Waals surface area contributed by atoms with Gasteiger partial charge in [0.2, 0.25) is 0 Å². The Bertz CT molecular complexity index is 1140. The van der Waals surface area contributed by atoms with Crippen LogP contribution in [-0.2, 0) is 0 Å². The maximum atomic E-state index is 12.5. The molecule has 1 aliphatic heterocycles. The van der Waals surface area contributed by atoms with Crippen LogP contribution in [0.1, 0.15) is 5.56 Å². The number of rotatable bonds is 4. The van der Waals surface area contributed by atoms with Crippen LogP contribution in [0.4, 0.5) is 11.4 Å². The number of methoxy groups -OCH3 is 1. The van der Waals surface area contributed by atoms with Crippen LogP contribution in [-0.4, -0.2) is 38.4 Å². The molecule has 7 heteroatoms. The zero-order valence-electron chi connectivity index (χ0n) is 16.5. The van der Waals surface area contributed by atoms with Gasteiger partial charge in [-0.3, -0.25) is 0 Å². The van der Waals surface area contributed by atoms with Gasteiger partial charge >= 0.3 is 5.63 Å². The second kappa shape index (κ2) is 8.21. The summed E-state index contributed by atoms with van der Waals surface area (Å²) in [4.78, 5) is 16.6. The van der Waals surface area contributed by atoms with Gasteiger partial charge in [-0.1, -0.05) is 12.1 Å². The number of phenols is 1. The SMILES string of the molecule is COc1ccc(-c2cc(N3CCN(c4ccccc4O)CC3)c(C#N)c(=O)o2)cc1. The van der Waals surface area contributed by atoms with Crippen molar-refractivity contribution >= 4 is 11.4 Å². The molecule has 0 atom stereocenters. The second-order valence-corrected chi connectivity index (χ2v) is 6.96. The van der Waals surface area contributed by atoms with Crippen molar-refractivity contribution in [1.82, 2.24) is 0 Å². The van der Waals surface area contributed by atoms with Crippen molar-refractivity contribution in [2.24, 2.45) is 0 Å². The highest BCUT2D eigenvalue weighted by Gasteiger charge is 2.24. The summed E-state index contributed by atoms with van der Waals surface area (Å²) >= 11 is 0. The van der Waals surface area contributed by atoms with E-state index >= 15 is 0 Å². The Morgan fingerprint density at radius 3 is 2.23 bits per heavy atom. The summed E-state index contributed by atoms with van der Waals surface area (Å²) in [6.45, 7) is 2.52. The molecule has 0 spiro atoms. The fourth-order valence-electron chi connectivity index (χ4n) is 3.65. The molecular weight excluding hydrogens is 382 g/mol. The van der Waals surface area contributed by atoms with Crippen molar-refractivity contribution < 1.29 is 14.3 Å². The molecule has 1 saturated heterocycles. The second-order valence-electron chi connectivity index (χ2n) is 6.96. The Labute approximate surface area is 174 Å².